The van der Waals surface area contributed by atoms with Gasteiger partial charge in [-0.05, 0) is 128 Å². The molecule has 2 aromatic heterocycles. The normalized spacial score (nSPS) is 15.9. The van der Waals surface area contributed by atoms with E-state index in [-0.39, 0.29) is 48.7 Å². The first-order valence-corrected chi connectivity index (χ1v) is 23.9. The van der Waals surface area contributed by atoms with Gasteiger partial charge in [-0.2, -0.15) is 5.10 Å². The lowest BCUT2D eigenvalue weighted by Crippen LogP contribution is -2.57. The van der Waals surface area contributed by atoms with Gasteiger partial charge < -0.3 is 35.6 Å². The Labute approximate surface area is 397 Å². The maximum atomic E-state index is 14.1. The Morgan fingerprint density at radius 3 is 2.27 bits per heavy atom. The summed E-state index contributed by atoms with van der Waals surface area (Å²) in [6.07, 6.45) is 2.97. The summed E-state index contributed by atoms with van der Waals surface area (Å²) in [5.41, 5.74) is 8.58. The van der Waals surface area contributed by atoms with Gasteiger partial charge in [0, 0.05) is 34.3 Å². The average molecular weight is 945 g/mol. The number of carbonyl (C=O) groups excluding carboxylic acids is 4. The first-order chi connectivity index (χ1) is 32.0. The Kier molecular flexibility index (Phi) is 15.4. The molecule has 1 aliphatic heterocycles. The largest absolute Gasteiger partial charge is 0.508 e. The standard InChI is InChI=1S/C51H56N6O8S2/c1-30(33-12-14-34(15-13-33)45-31(2)52-29-66-45)54-48(62)41-25-38(60)28-57(41)50(64)47(51(3,4)5)55-43(61)9-7-6-8-24-65-39-21-10-32(11-22-39)27-53-56-49(63)44-40-23-20-37(59)26-42(40)67-46(44)35-16-18-36(58)19-17-35/h10-23,26-27,29-30,38,41,47,58-60H,6-9,24-25,28H2,1-5H3,(H,54,62)(H,55,61)(H,56,63). The number of aromatic hydroxyl groups is 2. The van der Waals surface area contributed by atoms with E-state index in [1.165, 1.54) is 28.5 Å². The number of thiophene rings is 1. The molecule has 4 atom stereocenters. The van der Waals surface area contributed by atoms with Crippen LogP contribution in [0, 0.1) is 12.3 Å². The molecular weight excluding hydrogens is 889 g/mol. The maximum absolute atomic E-state index is 14.1. The number of rotatable bonds is 17. The number of amides is 4. The highest BCUT2D eigenvalue weighted by molar-refractivity contribution is 7.22. The maximum Gasteiger partial charge on any atom is 0.273 e. The van der Waals surface area contributed by atoms with Crippen LogP contribution in [0.4, 0.5) is 0 Å². The SMILES string of the molecule is Cc1ncsc1-c1ccc(C(C)NC(=O)C2CC(O)CN2C(=O)C(NC(=O)CCCCCOc2ccc(C=NNC(=O)c3c(-c4ccc(O)cc4)sc4cc(O)ccc34)cc2)C(C)(C)C)cc1. The van der Waals surface area contributed by atoms with Gasteiger partial charge in [0.25, 0.3) is 5.91 Å². The summed E-state index contributed by atoms with van der Waals surface area (Å²) >= 11 is 2.93. The molecule has 3 heterocycles. The Morgan fingerprint density at radius 2 is 1.58 bits per heavy atom. The zero-order valence-corrected chi connectivity index (χ0v) is 39.7. The Balaban J connectivity index is 0.845. The summed E-state index contributed by atoms with van der Waals surface area (Å²) in [5, 5.41) is 41.3. The molecule has 350 valence electrons. The summed E-state index contributed by atoms with van der Waals surface area (Å²) in [5.74, 6) is -0.584. The third kappa shape index (κ3) is 12.0. The van der Waals surface area contributed by atoms with Crippen molar-refractivity contribution in [2.24, 2.45) is 10.5 Å². The van der Waals surface area contributed by atoms with Crippen molar-refractivity contribution >= 4 is 62.6 Å². The van der Waals surface area contributed by atoms with E-state index in [1.807, 2.05) is 76.5 Å². The molecule has 1 aliphatic rings. The van der Waals surface area contributed by atoms with E-state index in [1.54, 1.807) is 59.9 Å². The highest BCUT2D eigenvalue weighted by Gasteiger charge is 2.44. The molecule has 0 radical (unpaired) electrons. The summed E-state index contributed by atoms with van der Waals surface area (Å²) in [4.78, 5) is 61.9. The first-order valence-electron chi connectivity index (χ1n) is 22.3. The zero-order valence-electron chi connectivity index (χ0n) is 38.1. The minimum Gasteiger partial charge on any atom is -0.508 e. The Bertz CT molecular complexity index is 2730. The van der Waals surface area contributed by atoms with Crippen LogP contribution in [-0.2, 0) is 14.4 Å². The van der Waals surface area contributed by atoms with E-state index in [4.69, 9.17) is 4.74 Å². The predicted molar refractivity (Wildman–Crippen MR) is 262 cm³/mol. The number of likely N-dealkylation sites (tertiary alicyclic amines) is 1. The molecule has 0 aliphatic carbocycles. The second kappa shape index (κ2) is 21.3. The van der Waals surface area contributed by atoms with Crippen LogP contribution >= 0.6 is 22.7 Å². The van der Waals surface area contributed by atoms with Crippen molar-refractivity contribution in [3.05, 3.63) is 119 Å². The van der Waals surface area contributed by atoms with E-state index in [0.29, 0.717) is 47.4 Å². The van der Waals surface area contributed by atoms with E-state index in [9.17, 15) is 34.5 Å². The number of benzene rings is 4. The number of ether oxygens (including phenoxy) is 1. The molecule has 0 bridgehead atoms. The van der Waals surface area contributed by atoms with Gasteiger partial charge in [-0.25, -0.2) is 10.4 Å². The van der Waals surface area contributed by atoms with Crippen LogP contribution in [0.2, 0.25) is 0 Å². The smallest absolute Gasteiger partial charge is 0.273 e. The summed E-state index contributed by atoms with van der Waals surface area (Å²) < 4.78 is 6.66. The number of β-amino-alcohol motifs (C(OH)–C–C–N with tert-alkyl or cyclic N) is 1. The zero-order chi connectivity index (χ0) is 47.8. The third-order valence-corrected chi connectivity index (χ3v) is 13.8. The number of unbranched alkanes of at least 4 members (excludes halogenated alkanes) is 2. The molecule has 67 heavy (non-hydrogen) atoms. The fourth-order valence-corrected chi connectivity index (χ4v) is 10.1. The van der Waals surface area contributed by atoms with Crippen LogP contribution in [0.1, 0.15) is 93.0 Å². The molecular formula is C51H56N6O8S2. The van der Waals surface area contributed by atoms with Crippen LogP contribution in [0.25, 0.3) is 31.0 Å². The highest BCUT2D eigenvalue weighted by atomic mass is 32.1. The number of thiazole rings is 1. The lowest BCUT2D eigenvalue weighted by Gasteiger charge is -2.35. The number of nitrogens with one attached hydrogen (secondary N) is 3. The van der Waals surface area contributed by atoms with Crippen molar-refractivity contribution in [2.45, 2.75) is 91.0 Å². The fourth-order valence-electron chi connectivity index (χ4n) is 8.00. The summed E-state index contributed by atoms with van der Waals surface area (Å²) in [6, 6.07) is 24.5. The lowest BCUT2D eigenvalue weighted by atomic mass is 9.85. The average Bonchev–Trinajstić information content (AvgIpc) is 4.03. The van der Waals surface area contributed by atoms with Gasteiger partial charge in [-0.1, -0.05) is 45.0 Å². The molecule has 0 spiro atoms. The van der Waals surface area contributed by atoms with Gasteiger partial charge in [0.05, 0.1) is 46.6 Å². The molecule has 14 nitrogen and oxygen atoms in total. The quantitative estimate of drug-likeness (QED) is 0.0295. The van der Waals surface area contributed by atoms with E-state index < -0.39 is 35.4 Å². The van der Waals surface area contributed by atoms with Gasteiger partial charge in [-0.3, -0.25) is 19.2 Å². The molecule has 1 fully saturated rings. The minimum absolute atomic E-state index is 0.00266. The van der Waals surface area contributed by atoms with Crippen LogP contribution in [0.5, 0.6) is 17.2 Å². The Morgan fingerprint density at radius 1 is 0.896 bits per heavy atom. The number of phenols is 2. The molecule has 4 unspecified atom stereocenters. The number of carbonyl (C=O) groups is 4. The molecule has 6 aromatic rings. The second-order valence-corrected chi connectivity index (χ2v) is 19.7. The number of fused-ring (bicyclic) bond motifs is 1. The van der Waals surface area contributed by atoms with E-state index in [0.717, 1.165) is 37.5 Å². The van der Waals surface area contributed by atoms with Crippen LogP contribution < -0.4 is 20.8 Å². The van der Waals surface area contributed by atoms with Crippen LogP contribution in [0.15, 0.2) is 102 Å². The van der Waals surface area contributed by atoms with Gasteiger partial charge in [0.1, 0.15) is 29.3 Å². The highest BCUT2D eigenvalue weighted by Crippen LogP contribution is 2.40. The van der Waals surface area contributed by atoms with E-state index >= 15 is 0 Å². The molecule has 1 saturated heterocycles. The number of hydrazone groups is 1. The topological polar surface area (TPSA) is 203 Å². The first kappa shape index (κ1) is 48.3. The van der Waals surface area contributed by atoms with Crippen molar-refractivity contribution < 1.29 is 39.2 Å². The number of aliphatic hydroxyl groups is 1. The van der Waals surface area contributed by atoms with Gasteiger partial charge >= 0.3 is 0 Å². The van der Waals surface area contributed by atoms with Crippen molar-refractivity contribution in [3.63, 3.8) is 0 Å². The number of aliphatic hydroxyl groups excluding tert-OH is 1. The summed E-state index contributed by atoms with van der Waals surface area (Å²) in [6.45, 7) is 9.87. The number of nitrogens with zero attached hydrogens (tertiary/aromatic N) is 3. The van der Waals surface area contributed by atoms with Gasteiger partial charge in [0.2, 0.25) is 17.7 Å². The van der Waals surface area contributed by atoms with Crippen LogP contribution in [0.3, 0.4) is 0 Å². The minimum atomic E-state index is -0.907. The number of hydrogen-bond acceptors (Lipinski definition) is 12. The number of aromatic nitrogens is 1. The van der Waals surface area contributed by atoms with Gasteiger partial charge in [-0.15, -0.1) is 22.7 Å². The Hall–Kier alpha value is -6.62. The second-order valence-electron chi connectivity index (χ2n) is 17.8. The van der Waals surface area contributed by atoms with Gasteiger partial charge in [0.15, 0.2) is 0 Å². The molecule has 7 rings (SSSR count). The van der Waals surface area contributed by atoms with Crippen molar-refractivity contribution in [1.29, 1.82) is 0 Å². The monoisotopic (exact) mass is 944 g/mol. The van der Waals surface area contributed by atoms with Crippen molar-refractivity contribution in [2.75, 3.05) is 13.2 Å². The molecule has 4 aromatic carbocycles. The van der Waals surface area contributed by atoms with Crippen molar-refractivity contribution in [3.8, 4) is 38.1 Å². The predicted octanol–water partition coefficient (Wildman–Crippen LogP) is 8.48. The number of aryl methyl sites for hydroxylation is 1. The number of hydrogen-bond donors (Lipinski definition) is 6. The molecule has 16 heteroatoms. The molecule has 6 N–H and O–H groups in total. The third-order valence-electron chi connectivity index (χ3n) is 11.7. The van der Waals surface area contributed by atoms with Crippen molar-refractivity contribution in [1.82, 2.24) is 25.9 Å². The number of phenolic OH excluding ortho intramolecular Hbond substituents is 2. The summed E-state index contributed by atoms with van der Waals surface area (Å²) in [7, 11) is 0. The van der Waals surface area contributed by atoms with E-state index in [2.05, 4.69) is 26.1 Å². The lowest BCUT2D eigenvalue weighted by molar-refractivity contribution is -0.144. The fraction of sp³-hybridized carbons (Fsp3) is 0.333. The molecule has 0 saturated carbocycles. The molecule has 4 amide bonds. The van der Waals surface area contributed by atoms with Crippen LogP contribution in [-0.4, -0.2) is 86.4 Å².